The second-order valence-electron chi connectivity index (χ2n) is 8.77. The van der Waals surface area contributed by atoms with E-state index < -0.39 is 12.7 Å². The Hall–Kier alpha value is -2.39. The molecule has 3 aromatic rings. The van der Waals surface area contributed by atoms with Crippen LogP contribution in [0.25, 0.3) is 11.0 Å². The summed E-state index contributed by atoms with van der Waals surface area (Å²) in [5.74, 6) is 0. The molecule has 1 aromatic carbocycles. The zero-order valence-corrected chi connectivity index (χ0v) is 16.3. The van der Waals surface area contributed by atoms with Gasteiger partial charge in [-0.15, -0.1) is 0 Å². The van der Waals surface area contributed by atoms with E-state index in [1.54, 1.807) is 6.20 Å². The molecule has 1 saturated heterocycles. The Balaban J connectivity index is 1.19. The highest BCUT2D eigenvalue weighted by atomic mass is 16.8. The summed E-state index contributed by atoms with van der Waals surface area (Å²) >= 11 is 0. The van der Waals surface area contributed by atoms with Crippen LogP contribution in [-0.2, 0) is 15.2 Å². The maximum absolute atomic E-state index is 10.5. The van der Waals surface area contributed by atoms with E-state index in [0.717, 1.165) is 65.7 Å². The van der Waals surface area contributed by atoms with Gasteiger partial charge < -0.3 is 14.7 Å². The summed E-state index contributed by atoms with van der Waals surface area (Å²) in [6.07, 6.45) is 6.47. The second kappa shape index (κ2) is 6.06. The number of rotatable bonds is 3. The quantitative estimate of drug-likeness (QED) is 0.470. The molecule has 2 spiro atoms. The van der Waals surface area contributed by atoms with Gasteiger partial charge in [-0.2, -0.15) is 10.0 Å². The van der Waals surface area contributed by atoms with Crippen molar-refractivity contribution < 1.29 is 14.6 Å². The van der Waals surface area contributed by atoms with Crippen LogP contribution in [0.4, 0.5) is 5.69 Å². The fraction of sp³-hybridized carbons (Fsp3) is 0.381. The molecule has 0 atom stereocenters. The Morgan fingerprint density at radius 1 is 1.31 bits per heavy atom. The predicted octanol–water partition coefficient (Wildman–Crippen LogP) is 2.23. The molecule has 2 aromatic heterocycles. The molecule has 7 nitrogen and oxygen atoms in total. The van der Waals surface area contributed by atoms with E-state index in [2.05, 4.69) is 28.4 Å². The maximum atomic E-state index is 10.5. The number of aryl methyl sites for hydroxylation is 1. The third-order valence-electron chi connectivity index (χ3n) is 6.83. The number of aromatic nitrogens is 2. The lowest BCUT2D eigenvalue weighted by molar-refractivity contribution is -0.153. The highest BCUT2D eigenvalue weighted by Crippen LogP contribution is 2.62. The standard InChI is InChI=1S/C21H23BN4O3/c1-14-4-2-3-5-17(14)25-29-26-9-7-20(13-26)11-21(12-20)18-15-6-8-23-19(15)24-10-16(18)22(27)28-21/h2-6,8,10,25,27H,7,9,11-13H2,1H3,(H,23,24). The zero-order chi connectivity index (χ0) is 19.6. The number of hydroxylamine groups is 2. The first-order valence-electron chi connectivity index (χ1n) is 10.1. The molecule has 2 aliphatic heterocycles. The fourth-order valence-corrected chi connectivity index (χ4v) is 5.54. The molecule has 3 aliphatic rings. The van der Waals surface area contributed by atoms with Gasteiger partial charge in [0.05, 0.1) is 11.3 Å². The highest BCUT2D eigenvalue weighted by molar-refractivity contribution is 6.62. The molecule has 0 amide bonds. The largest absolute Gasteiger partial charge is 0.493 e. The molecule has 3 N–H and O–H groups in total. The number of hydrogen-bond acceptors (Lipinski definition) is 6. The Morgan fingerprint density at radius 2 is 2.17 bits per heavy atom. The third kappa shape index (κ3) is 2.57. The average Bonchev–Trinajstić information content (AvgIpc) is 3.38. The first-order chi connectivity index (χ1) is 14.1. The van der Waals surface area contributed by atoms with Gasteiger partial charge in [-0.25, -0.2) is 10.5 Å². The summed E-state index contributed by atoms with van der Waals surface area (Å²) < 4.78 is 6.13. The van der Waals surface area contributed by atoms with Crippen LogP contribution in [0.3, 0.4) is 0 Å². The van der Waals surface area contributed by atoms with Crippen LogP contribution >= 0.6 is 0 Å². The Morgan fingerprint density at radius 3 is 3.03 bits per heavy atom. The van der Waals surface area contributed by atoms with Gasteiger partial charge in [0.15, 0.2) is 0 Å². The normalized spacial score (nSPS) is 28.4. The Labute approximate surface area is 169 Å². The third-order valence-corrected chi connectivity index (χ3v) is 6.83. The molecule has 29 heavy (non-hydrogen) atoms. The smallest absolute Gasteiger partial charge is 0.423 e. The van der Waals surface area contributed by atoms with E-state index in [1.807, 2.05) is 35.5 Å². The summed E-state index contributed by atoms with van der Waals surface area (Å²) in [6, 6.07) is 10.1. The van der Waals surface area contributed by atoms with Crippen molar-refractivity contribution in [3.63, 3.8) is 0 Å². The number of fused-ring (bicyclic) bond motifs is 4. The number of anilines is 1. The summed E-state index contributed by atoms with van der Waals surface area (Å²) in [4.78, 5) is 13.5. The van der Waals surface area contributed by atoms with Crippen molar-refractivity contribution in [2.24, 2.45) is 5.41 Å². The number of nitrogens with one attached hydrogen (secondary N) is 2. The second-order valence-corrected chi connectivity index (χ2v) is 8.77. The molecule has 0 unspecified atom stereocenters. The van der Waals surface area contributed by atoms with E-state index in [9.17, 15) is 5.02 Å². The van der Waals surface area contributed by atoms with Gasteiger partial charge in [0.1, 0.15) is 5.65 Å². The van der Waals surface area contributed by atoms with Gasteiger partial charge in [-0.05, 0) is 54.9 Å². The average molecular weight is 390 g/mol. The van der Waals surface area contributed by atoms with Crippen molar-refractivity contribution >= 4 is 29.3 Å². The van der Waals surface area contributed by atoms with E-state index in [1.165, 1.54) is 0 Å². The van der Waals surface area contributed by atoms with E-state index in [0.29, 0.717) is 0 Å². The molecular formula is C21H23BN4O3. The lowest BCUT2D eigenvalue weighted by atomic mass is 9.56. The van der Waals surface area contributed by atoms with Gasteiger partial charge in [0, 0.05) is 36.3 Å². The number of aromatic amines is 1. The van der Waals surface area contributed by atoms with Crippen molar-refractivity contribution in [1.82, 2.24) is 15.0 Å². The van der Waals surface area contributed by atoms with Crippen LogP contribution in [0.15, 0.2) is 42.7 Å². The molecule has 1 aliphatic carbocycles. The number of hydrogen-bond donors (Lipinski definition) is 3. The summed E-state index contributed by atoms with van der Waals surface area (Å²) in [6.45, 7) is 3.79. The predicted molar refractivity (Wildman–Crippen MR) is 110 cm³/mol. The minimum atomic E-state index is -0.898. The first-order valence-corrected chi connectivity index (χ1v) is 10.1. The van der Waals surface area contributed by atoms with Crippen LogP contribution < -0.4 is 10.9 Å². The van der Waals surface area contributed by atoms with Crippen LogP contribution in [0, 0.1) is 12.3 Å². The van der Waals surface area contributed by atoms with E-state index in [4.69, 9.17) is 9.59 Å². The minimum Gasteiger partial charge on any atom is -0.423 e. The maximum Gasteiger partial charge on any atom is 0.493 e. The van der Waals surface area contributed by atoms with Crippen molar-refractivity contribution in [1.29, 1.82) is 0 Å². The van der Waals surface area contributed by atoms with Crippen molar-refractivity contribution in [3.05, 3.63) is 53.9 Å². The number of para-hydroxylation sites is 1. The van der Waals surface area contributed by atoms with Crippen LogP contribution in [-0.4, -0.2) is 40.3 Å². The number of nitrogens with zero attached hydrogens (tertiary/aromatic N) is 2. The fourth-order valence-electron chi connectivity index (χ4n) is 5.54. The van der Waals surface area contributed by atoms with Crippen molar-refractivity contribution in [2.45, 2.75) is 31.8 Å². The lowest BCUT2D eigenvalue weighted by Crippen LogP contribution is -2.52. The van der Waals surface area contributed by atoms with E-state index in [-0.39, 0.29) is 5.41 Å². The molecule has 0 radical (unpaired) electrons. The SMILES string of the molecule is Cc1ccccc1NON1CCC2(C1)CC1(C2)OB(O)c2cnc3[nH]ccc3c21. The van der Waals surface area contributed by atoms with Crippen LogP contribution in [0.2, 0.25) is 0 Å². The number of H-pyrrole nitrogens is 1. The monoisotopic (exact) mass is 390 g/mol. The molecule has 2 fully saturated rings. The number of benzene rings is 1. The minimum absolute atomic E-state index is 0.153. The molecule has 8 heteroatoms. The molecule has 6 rings (SSSR count). The summed E-state index contributed by atoms with van der Waals surface area (Å²) in [5.41, 5.74) is 7.72. The molecule has 0 bridgehead atoms. The van der Waals surface area contributed by atoms with Crippen molar-refractivity contribution in [3.8, 4) is 0 Å². The Bertz CT molecular complexity index is 1090. The first kappa shape index (κ1) is 17.5. The zero-order valence-electron chi connectivity index (χ0n) is 16.3. The molecular weight excluding hydrogens is 367 g/mol. The van der Waals surface area contributed by atoms with Gasteiger partial charge in [0.25, 0.3) is 0 Å². The van der Waals surface area contributed by atoms with Gasteiger partial charge in [0.2, 0.25) is 0 Å². The molecule has 148 valence electrons. The summed E-state index contributed by atoms with van der Waals surface area (Å²) in [5, 5.41) is 13.5. The van der Waals surface area contributed by atoms with Crippen LogP contribution in [0.1, 0.15) is 30.4 Å². The molecule has 4 heterocycles. The van der Waals surface area contributed by atoms with E-state index >= 15 is 0 Å². The molecule has 1 saturated carbocycles. The van der Waals surface area contributed by atoms with Gasteiger partial charge in [-0.1, -0.05) is 18.2 Å². The number of pyridine rings is 1. The van der Waals surface area contributed by atoms with Gasteiger partial charge in [-0.3, -0.25) is 0 Å². The lowest BCUT2D eigenvalue weighted by Gasteiger charge is -2.53. The topological polar surface area (TPSA) is 82.6 Å². The summed E-state index contributed by atoms with van der Waals surface area (Å²) in [7, 11) is -0.898. The Kier molecular flexibility index (Phi) is 3.65. The van der Waals surface area contributed by atoms with Crippen molar-refractivity contribution in [2.75, 3.05) is 18.6 Å². The van der Waals surface area contributed by atoms with Gasteiger partial charge >= 0.3 is 7.12 Å². The van der Waals surface area contributed by atoms with Crippen LogP contribution in [0.5, 0.6) is 0 Å². The highest BCUT2D eigenvalue weighted by Gasteiger charge is 2.63.